The molecule has 0 fully saturated rings. The number of hydrogen-bond donors (Lipinski definition) is 1. The minimum atomic E-state index is -3.29. The molecule has 0 unspecified atom stereocenters. The monoisotopic (exact) mass is 321 g/mol. The predicted octanol–water partition coefficient (Wildman–Crippen LogP) is 2.18. The van der Waals surface area contributed by atoms with E-state index in [9.17, 15) is 13.5 Å². The molecule has 0 bridgehead atoms. The molecule has 0 saturated carbocycles. The van der Waals surface area contributed by atoms with E-state index in [-0.39, 0.29) is 18.0 Å². The van der Waals surface area contributed by atoms with E-state index in [1.807, 2.05) is 0 Å². The van der Waals surface area contributed by atoms with Crippen molar-refractivity contribution in [1.29, 1.82) is 0 Å². The number of unbranched alkanes of at least 4 members (excludes halogenated alkanes) is 1. The Hall–Kier alpha value is -0.980. The Morgan fingerprint density at radius 3 is 2.65 bits per heavy atom. The Bertz CT molecular complexity index is 533. The van der Waals surface area contributed by atoms with Crippen LogP contribution in [0.4, 0.5) is 0 Å². The first kappa shape index (κ1) is 17.1. The van der Waals surface area contributed by atoms with E-state index in [0.29, 0.717) is 24.5 Å². The minimum absolute atomic E-state index is 0.0314. The number of nitrogens with zero attached hydrogens (tertiary/aromatic N) is 1. The van der Waals surface area contributed by atoms with Gasteiger partial charge in [-0.3, -0.25) is 0 Å². The van der Waals surface area contributed by atoms with Gasteiger partial charge in [0.1, 0.15) is 0 Å². The Kier molecular flexibility index (Phi) is 6.58. The van der Waals surface area contributed by atoms with Crippen molar-refractivity contribution in [3.05, 3.63) is 23.8 Å². The normalized spacial score (nSPS) is 11.8. The maximum atomic E-state index is 12.0. The van der Waals surface area contributed by atoms with Crippen molar-refractivity contribution >= 4 is 21.6 Å². The van der Waals surface area contributed by atoms with Crippen LogP contribution in [0.3, 0.4) is 0 Å². The average molecular weight is 322 g/mol. The van der Waals surface area contributed by atoms with Gasteiger partial charge in [0.05, 0.1) is 12.9 Å². The van der Waals surface area contributed by atoms with Gasteiger partial charge < -0.3 is 9.84 Å². The van der Waals surface area contributed by atoms with Crippen molar-refractivity contribution in [2.24, 2.45) is 0 Å². The molecule has 0 aliphatic heterocycles. The van der Waals surface area contributed by atoms with Crippen LogP contribution in [0.1, 0.15) is 18.4 Å². The van der Waals surface area contributed by atoms with Gasteiger partial charge in [0.15, 0.2) is 11.5 Å². The van der Waals surface area contributed by atoms with Gasteiger partial charge >= 0.3 is 0 Å². The molecule has 5 nitrogen and oxygen atoms in total. The van der Waals surface area contributed by atoms with Gasteiger partial charge in [-0.25, -0.2) is 12.7 Å². The Morgan fingerprint density at radius 2 is 2.05 bits per heavy atom. The van der Waals surface area contributed by atoms with Gasteiger partial charge in [0, 0.05) is 19.5 Å². The number of phenols is 1. The third-order valence-electron chi connectivity index (χ3n) is 2.91. The van der Waals surface area contributed by atoms with Crippen LogP contribution in [0.25, 0.3) is 0 Å². The predicted molar refractivity (Wildman–Crippen MR) is 79.9 cm³/mol. The SMILES string of the molecule is COc1cc(CN(C)S(=O)(=O)CCCCCl)ccc1O. The molecule has 0 aliphatic carbocycles. The highest BCUT2D eigenvalue weighted by Gasteiger charge is 2.18. The zero-order chi connectivity index (χ0) is 15.2. The smallest absolute Gasteiger partial charge is 0.214 e. The molecule has 0 spiro atoms. The first-order valence-corrected chi connectivity index (χ1v) is 8.41. The van der Waals surface area contributed by atoms with Gasteiger partial charge in [-0.1, -0.05) is 6.07 Å². The number of ether oxygens (including phenoxy) is 1. The van der Waals surface area contributed by atoms with E-state index in [0.717, 1.165) is 5.56 Å². The molecule has 0 radical (unpaired) electrons. The van der Waals surface area contributed by atoms with Crippen LogP contribution in [0, 0.1) is 0 Å². The Balaban J connectivity index is 2.72. The first-order chi connectivity index (χ1) is 9.40. The lowest BCUT2D eigenvalue weighted by atomic mass is 10.2. The molecule has 0 amide bonds. The lowest BCUT2D eigenvalue weighted by Gasteiger charge is -2.17. The quantitative estimate of drug-likeness (QED) is 0.588. The summed E-state index contributed by atoms with van der Waals surface area (Å²) in [5, 5.41) is 9.50. The van der Waals surface area contributed by atoms with Gasteiger partial charge in [-0.15, -0.1) is 11.6 Å². The molecule has 114 valence electrons. The van der Waals surface area contributed by atoms with Crippen molar-refractivity contribution in [2.75, 3.05) is 25.8 Å². The van der Waals surface area contributed by atoms with Gasteiger partial charge in [0.2, 0.25) is 10.0 Å². The lowest BCUT2D eigenvalue weighted by molar-refractivity contribution is 0.372. The summed E-state index contributed by atoms with van der Waals surface area (Å²) in [6, 6.07) is 4.78. The van der Waals surface area contributed by atoms with Crippen LogP contribution < -0.4 is 4.74 Å². The fourth-order valence-electron chi connectivity index (χ4n) is 1.71. The third kappa shape index (κ3) is 4.85. The summed E-state index contributed by atoms with van der Waals surface area (Å²) in [7, 11) is -0.302. The van der Waals surface area contributed by atoms with E-state index in [2.05, 4.69) is 0 Å². The summed E-state index contributed by atoms with van der Waals surface area (Å²) in [5.41, 5.74) is 0.753. The molecule has 1 N–H and O–H groups in total. The molecule has 0 atom stereocenters. The van der Waals surface area contributed by atoms with Crippen LogP contribution in [-0.2, 0) is 16.6 Å². The maximum absolute atomic E-state index is 12.0. The number of sulfonamides is 1. The fraction of sp³-hybridized carbons (Fsp3) is 0.538. The Labute approximate surface area is 125 Å². The van der Waals surface area contributed by atoms with Crippen molar-refractivity contribution < 1.29 is 18.3 Å². The summed E-state index contributed by atoms with van der Waals surface area (Å²) < 4.78 is 30.4. The highest BCUT2D eigenvalue weighted by Crippen LogP contribution is 2.27. The molecule has 0 aliphatic rings. The second kappa shape index (κ2) is 7.71. The topological polar surface area (TPSA) is 66.8 Å². The summed E-state index contributed by atoms with van der Waals surface area (Å²) in [5.74, 6) is 0.916. The van der Waals surface area contributed by atoms with Crippen LogP contribution >= 0.6 is 11.6 Å². The lowest BCUT2D eigenvalue weighted by Crippen LogP contribution is -2.28. The van der Waals surface area contributed by atoms with Crippen LogP contribution in [0.15, 0.2) is 18.2 Å². The minimum Gasteiger partial charge on any atom is -0.504 e. The van der Waals surface area contributed by atoms with Crippen molar-refractivity contribution in [1.82, 2.24) is 4.31 Å². The fourth-order valence-corrected chi connectivity index (χ4v) is 3.13. The zero-order valence-corrected chi connectivity index (χ0v) is 13.2. The number of halogens is 1. The number of phenolic OH excluding ortho intramolecular Hbond substituents is 1. The number of alkyl halides is 1. The Morgan fingerprint density at radius 1 is 1.35 bits per heavy atom. The molecular weight excluding hydrogens is 302 g/mol. The molecule has 0 aromatic heterocycles. The third-order valence-corrected chi connectivity index (χ3v) is 5.06. The number of rotatable bonds is 8. The summed E-state index contributed by atoms with van der Waals surface area (Å²) in [6.07, 6.45) is 1.23. The van der Waals surface area contributed by atoms with Gasteiger partial charge in [-0.2, -0.15) is 0 Å². The van der Waals surface area contributed by atoms with E-state index in [1.165, 1.54) is 24.5 Å². The molecule has 7 heteroatoms. The summed E-state index contributed by atoms with van der Waals surface area (Å²) in [6.45, 7) is 0.236. The van der Waals surface area contributed by atoms with Gasteiger partial charge in [0.25, 0.3) is 0 Å². The number of aromatic hydroxyl groups is 1. The highest BCUT2D eigenvalue weighted by atomic mass is 35.5. The van der Waals surface area contributed by atoms with Crippen molar-refractivity contribution in [2.45, 2.75) is 19.4 Å². The second-order valence-corrected chi connectivity index (χ2v) is 7.05. The van der Waals surface area contributed by atoms with Crippen LogP contribution in [-0.4, -0.2) is 43.6 Å². The van der Waals surface area contributed by atoms with Crippen molar-refractivity contribution in [3.8, 4) is 11.5 Å². The standard InChI is InChI=1S/C13H20ClNO4S/c1-15(20(17,18)8-4-3-7-14)10-11-5-6-12(16)13(9-11)19-2/h5-6,9,16H,3-4,7-8,10H2,1-2H3. The molecule has 1 aromatic rings. The van der Waals surface area contributed by atoms with E-state index < -0.39 is 10.0 Å². The van der Waals surface area contributed by atoms with E-state index in [4.69, 9.17) is 16.3 Å². The van der Waals surface area contributed by atoms with Crippen LogP contribution in [0.2, 0.25) is 0 Å². The molecule has 0 heterocycles. The summed E-state index contributed by atoms with van der Waals surface area (Å²) in [4.78, 5) is 0. The van der Waals surface area contributed by atoms with Gasteiger partial charge in [-0.05, 0) is 30.5 Å². The largest absolute Gasteiger partial charge is 0.504 e. The zero-order valence-electron chi connectivity index (χ0n) is 11.7. The maximum Gasteiger partial charge on any atom is 0.214 e. The molecule has 1 aromatic carbocycles. The first-order valence-electron chi connectivity index (χ1n) is 6.26. The van der Waals surface area contributed by atoms with E-state index in [1.54, 1.807) is 12.1 Å². The van der Waals surface area contributed by atoms with Crippen molar-refractivity contribution in [3.63, 3.8) is 0 Å². The highest BCUT2D eigenvalue weighted by molar-refractivity contribution is 7.89. The molecule has 1 rings (SSSR count). The second-order valence-electron chi connectivity index (χ2n) is 4.47. The molecule has 0 saturated heterocycles. The molecular formula is C13H20ClNO4S. The molecule has 20 heavy (non-hydrogen) atoms. The number of benzene rings is 1. The van der Waals surface area contributed by atoms with E-state index >= 15 is 0 Å². The summed E-state index contributed by atoms with van der Waals surface area (Å²) >= 11 is 5.54. The number of hydrogen-bond acceptors (Lipinski definition) is 4. The number of methoxy groups -OCH3 is 1. The van der Waals surface area contributed by atoms with Crippen LogP contribution in [0.5, 0.6) is 11.5 Å². The average Bonchev–Trinajstić information content (AvgIpc) is 2.41.